The van der Waals surface area contributed by atoms with Crippen LogP contribution in [-0.4, -0.2) is 138 Å². The van der Waals surface area contributed by atoms with Crippen molar-refractivity contribution in [2.24, 2.45) is 0 Å². The van der Waals surface area contributed by atoms with E-state index in [-0.39, 0.29) is 0 Å². The lowest BCUT2D eigenvalue weighted by Gasteiger charge is -2.26. The predicted octanol–water partition coefficient (Wildman–Crippen LogP) is 16.7. The quantitative estimate of drug-likeness (QED) is 0.0620. The van der Waals surface area contributed by atoms with Gasteiger partial charge in [-0.25, -0.2) is 0 Å². The van der Waals surface area contributed by atoms with Crippen molar-refractivity contribution < 1.29 is 18.9 Å². The van der Waals surface area contributed by atoms with Crippen molar-refractivity contribution in [1.82, 2.24) is 24.9 Å². The Morgan fingerprint density at radius 2 is 0.671 bits per heavy atom. The van der Waals surface area contributed by atoms with Crippen LogP contribution in [0, 0.1) is 0 Å². The molecule has 4 aromatic rings. The number of nitrogens with zero attached hydrogens (tertiary/aromatic N) is 4. The number of aryl methyl sites for hydroxylation is 2. The fraction of sp³-hybridized carbons (Fsp3) is 0.671. The molecule has 5 aliphatic heterocycles. The van der Waals surface area contributed by atoms with Crippen LogP contribution in [-0.2, 0) is 12.8 Å². The van der Waals surface area contributed by atoms with E-state index in [1.807, 2.05) is 0 Å². The molecule has 0 amide bonds. The Hall–Kier alpha value is -4.12. The molecule has 9 nitrogen and oxygen atoms in total. The maximum Gasteiger partial charge on any atom is 0.119 e. The van der Waals surface area contributed by atoms with Crippen molar-refractivity contribution in [3.05, 3.63) is 119 Å². The van der Waals surface area contributed by atoms with Crippen molar-refractivity contribution in [1.29, 1.82) is 0 Å². The van der Waals surface area contributed by atoms with Gasteiger partial charge in [0.25, 0.3) is 0 Å². The largest absolute Gasteiger partial charge is 0.494 e. The van der Waals surface area contributed by atoms with E-state index in [2.05, 4.69) is 164 Å². The third-order valence-electron chi connectivity index (χ3n) is 17.0. The number of nitrogens with one attached hydrogen (secondary N) is 1. The Balaban J connectivity index is 0.000000193. The van der Waals surface area contributed by atoms with Crippen LogP contribution in [0.5, 0.6) is 23.0 Å². The molecule has 1 unspecified atom stereocenters. The van der Waals surface area contributed by atoms with Crippen molar-refractivity contribution in [3.8, 4) is 23.0 Å². The molecule has 4 aromatic carbocycles. The molecule has 1 N–H and O–H groups in total. The second-order valence-electron chi connectivity index (χ2n) is 24.2. The average molecular weight is 1130 g/mol. The topological polar surface area (TPSA) is 61.9 Å². The highest BCUT2D eigenvalue weighted by Crippen LogP contribution is 2.23. The monoisotopic (exact) mass is 1130 g/mol. The first-order chi connectivity index (χ1) is 40.3. The van der Waals surface area contributed by atoms with Gasteiger partial charge in [0.1, 0.15) is 23.0 Å². The molecular formula is C73H119N5O4. The second kappa shape index (κ2) is 44.4. The lowest BCUT2D eigenvalue weighted by Crippen LogP contribution is -2.31. The number of benzene rings is 4. The molecule has 1 atom stereocenters. The zero-order valence-electron chi connectivity index (χ0n) is 53.3. The van der Waals surface area contributed by atoms with Crippen LogP contribution in [0.2, 0.25) is 0 Å². The summed E-state index contributed by atoms with van der Waals surface area (Å²) in [6.45, 7) is 34.2. The molecular weight excluding hydrogens is 1010 g/mol. The van der Waals surface area contributed by atoms with Crippen LogP contribution < -0.4 is 24.3 Å². The molecule has 5 fully saturated rings. The molecule has 5 heterocycles. The highest BCUT2D eigenvalue weighted by atomic mass is 16.5. The van der Waals surface area contributed by atoms with Gasteiger partial charge in [0.2, 0.25) is 0 Å². The summed E-state index contributed by atoms with van der Waals surface area (Å²) >= 11 is 0. The number of hydrogen-bond donors (Lipinski definition) is 1. The van der Waals surface area contributed by atoms with E-state index in [1.165, 1.54) is 223 Å². The summed E-state index contributed by atoms with van der Waals surface area (Å²) in [5.41, 5.74) is 5.56. The third-order valence-corrected chi connectivity index (χ3v) is 17.0. The summed E-state index contributed by atoms with van der Waals surface area (Å²) in [4.78, 5) is 10.3. The fourth-order valence-corrected chi connectivity index (χ4v) is 11.4. The molecule has 9 heteroatoms. The summed E-state index contributed by atoms with van der Waals surface area (Å²) < 4.78 is 23.2. The number of piperidine rings is 5. The first-order valence-corrected chi connectivity index (χ1v) is 33.8. The molecule has 82 heavy (non-hydrogen) atoms. The van der Waals surface area contributed by atoms with Crippen LogP contribution in [0.25, 0.3) is 0 Å². The van der Waals surface area contributed by atoms with Gasteiger partial charge in [-0.05, 0) is 257 Å². The number of rotatable bonds is 26. The Morgan fingerprint density at radius 3 is 0.939 bits per heavy atom. The third kappa shape index (κ3) is 31.1. The van der Waals surface area contributed by atoms with Crippen molar-refractivity contribution in [2.45, 2.75) is 201 Å². The predicted molar refractivity (Wildman–Crippen MR) is 350 cm³/mol. The number of likely N-dealkylation sites (tertiary alicyclic amines) is 4. The molecule has 5 saturated heterocycles. The molecule has 0 radical (unpaired) electrons. The summed E-state index contributed by atoms with van der Waals surface area (Å²) in [7, 11) is 0. The smallest absolute Gasteiger partial charge is 0.119 e. The summed E-state index contributed by atoms with van der Waals surface area (Å²) in [6, 6.07) is 34.2. The van der Waals surface area contributed by atoms with Crippen molar-refractivity contribution >= 4 is 0 Å². The van der Waals surface area contributed by atoms with Crippen molar-refractivity contribution in [3.63, 3.8) is 0 Å². The second-order valence-corrected chi connectivity index (χ2v) is 24.2. The van der Waals surface area contributed by atoms with Crippen molar-refractivity contribution in [2.75, 3.05) is 118 Å². The van der Waals surface area contributed by atoms with Gasteiger partial charge in [0, 0.05) is 26.2 Å². The van der Waals surface area contributed by atoms with E-state index in [0.29, 0.717) is 11.8 Å². The van der Waals surface area contributed by atoms with Crippen LogP contribution >= 0.6 is 0 Å². The molecule has 0 bridgehead atoms. The zero-order chi connectivity index (χ0) is 57.9. The maximum atomic E-state index is 5.84. The Bertz CT molecular complexity index is 2060. The highest BCUT2D eigenvalue weighted by molar-refractivity contribution is 5.31. The maximum absolute atomic E-state index is 5.84. The van der Waals surface area contributed by atoms with E-state index in [9.17, 15) is 0 Å². The summed E-state index contributed by atoms with van der Waals surface area (Å²) in [6.07, 6.45) is 30.0. The van der Waals surface area contributed by atoms with Crippen LogP contribution in [0.15, 0.2) is 97.1 Å². The van der Waals surface area contributed by atoms with Crippen LogP contribution in [0.4, 0.5) is 0 Å². The fourth-order valence-electron chi connectivity index (χ4n) is 11.4. The van der Waals surface area contributed by atoms with Gasteiger partial charge < -0.3 is 43.9 Å². The van der Waals surface area contributed by atoms with E-state index in [4.69, 9.17) is 18.9 Å². The van der Waals surface area contributed by atoms with E-state index in [1.54, 1.807) is 0 Å². The SMILES string of the molecule is C1CCNCC1.CC(C)c1ccc(OCCCN2CCCCC2)cc1.CCC(C)c1ccc(OCCCN2CCCCC2)cc1.CCCc1ccc(OCCCN2CCCCC2)cc1.CCc1ccc(OCCCN2CCCCC2)cc1. The minimum atomic E-state index is 0.591. The summed E-state index contributed by atoms with van der Waals surface area (Å²) in [5.74, 6) is 5.26. The van der Waals surface area contributed by atoms with E-state index >= 15 is 0 Å². The molecule has 0 aromatic heterocycles. The van der Waals surface area contributed by atoms with Gasteiger partial charge in [-0.2, -0.15) is 0 Å². The van der Waals surface area contributed by atoms with Crippen LogP contribution in [0.1, 0.15) is 210 Å². The molecule has 0 aliphatic carbocycles. The van der Waals surface area contributed by atoms with Gasteiger partial charge in [-0.3, -0.25) is 0 Å². The van der Waals surface area contributed by atoms with Crippen LogP contribution in [0.3, 0.4) is 0 Å². The molecule has 5 aliphatic rings. The number of hydrogen-bond acceptors (Lipinski definition) is 9. The Kier molecular flexibility index (Phi) is 37.2. The molecule has 0 saturated carbocycles. The summed E-state index contributed by atoms with van der Waals surface area (Å²) in [5, 5.41) is 3.28. The lowest BCUT2D eigenvalue weighted by atomic mass is 9.99. The normalized spacial score (nSPS) is 17.5. The van der Waals surface area contributed by atoms with E-state index < -0.39 is 0 Å². The number of ether oxygens (including phenoxy) is 4. The molecule has 9 rings (SSSR count). The first kappa shape index (κ1) is 68.7. The van der Waals surface area contributed by atoms with Gasteiger partial charge in [0.05, 0.1) is 26.4 Å². The zero-order valence-corrected chi connectivity index (χ0v) is 53.3. The molecule has 460 valence electrons. The average Bonchev–Trinajstić information content (AvgIpc) is 3.56. The van der Waals surface area contributed by atoms with Gasteiger partial charge in [0.15, 0.2) is 0 Å². The standard InChI is InChI=1S/C18H29NO.2C17H27NO.C16H25NO.C5H11N/c1-3-16(2)17-8-10-18(11-9-17)20-15-7-14-19-12-5-4-6-13-19;1-15(2)16-7-9-17(10-8-16)19-14-6-13-18-11-4-3-5-12-18;1-2-7-16-8-10-17(11-9-16)19-15-6-14-18-12-4-3-5-13-18;1-2-15-7-9-16(10-8-15)18-14-6-13-17-11-4-3-5-12-17;1-2-4-6-5-3-1/h8-11,16H,3-7,12-15H2,1-2H3;7-10,15H,3-6,11-14H2,1-2H3;8-11H,2-7,12-15H2,1H3;7-10H,2-6,11-14H2,1H3;6H,1-5H2. The molecule has 0 spiro atoms. The highest BCUT2D eigenvalue weighted by Gasteiger charge is 2.13. The van der Waals surface area contributed by atoms with Gasteiger partial charge in [-0.1, -0.05) is 129 Å². The lowest BCUT2D eigenvalue weighted by molar-refractivity contribution is 0.205. The van der Waals surface area contributed by atoms with E-state index in [0.717, 1.165) is 88.0 Å². The minimum absolute atomic E-state index is 0.591. The minimum Gasteiger partial charge on any atom is -0.494 e. The van der Waals surface area contributed by atoms with Gasteiger partial charge >= 0.3 is 0 Å². The Labute approximate surface area is 503 Å². The first-order valence-electron chi connectivity index (χ1n) is 33.8. The van der Waals surface area contributed by atoms with Gasteiger partial charge in [-0.15, -0.1) is 0 Å². The Morgan fingerprint density at radius 1 is 0.366 bits per heavy atom.